The minimum atomic E-state index is -3.50. The van der Waals surface area contributed by atoms with E-state index in [4.69, 9.17) is 5.11 Å². The Morgan fingerprint density at radius 1 is 1.20 bits per heavy atom. The fraction of sp³-hybridized carbons (Fsp3) is 0.286. The molecule has 1 N–H and O–H groups in total. The molecule has 0 spiro atoms. The van der Waals surface area contributed by atoms with E-state index >= 15 is 0 Å². The molecule has 0 aliphatic rings. The summed E-state index contributed by atoms with van der Waals surface area (Å²) < 4.78 is 26.8. The lowest BCUT2D eigenvalue weighted by molar-refractivity contribution is 0.282. The van der Waals surface area contributed by atoms with E-state index in [9.17, 15) is 8.42 Å². The Balaban J connectivity index is 2.25. The lowest BCUT2D eigenvalue weighted by atomic mass is 10.2. The fourth-order valence-electron chi connectivity index (χ4n) is 1.85. The van der Waals surface area contributed by atoms with Gasteiger partial charge in [-0.1, -0.05) is 37.3 Å². The van der Waals surface area contributed by atoms with Gasteiger partial charge in [0.2, 0.25) is 0 Å². The lowest BCUT2D eigenvalue weighted by Crippen LogP contribution is -2.29. The van der Waals surface area contributed by atoms with E-state index in [-0.39, 0.29) is 10.8 Å². The smallest absolute Gasteiger partial charge is 0.252 e. The van der Waals surface area contributed by atoms with Crippen molar-refractivity contribution in [1.29, 1.82) is 0 Å². The number of thiophene rings is 1. The van der Waals surface area contributed by atoms with Gasteiger partial charge >= 0.3 is 0 Å². The molecule has 2 rings (SSSR count). The normalized spacial score (nSPS) is 11.9. The van der Waals surface area contributed by atoms with Crippen LogP contribution in [0.5, 0.6) is 0 Å². The van der Waals surface area contributed by atoms with Crippen molar-refractivity contribution >= 4 is 21.4 Å². The van der Waals surface area contributed by atoms with Gasteiger partial charge in [0, 0.05) is 13.1 Å². The minimum Gasteiger partial charge on any atom is -0.392 e. The third kappa shape index (κ3) is 3.27. The van der Waals surface area contributed by atoms with E-state index < -0.39 is 10.0 Å². The number of nitrogens with zero attached hydrogens (tertiary/aromatic N) is 1. The molecule has 0 atom stereocenters. The van der Waals surface area contributed by atoms with Crippen LogP contribution in [0.2, 0.25) is 0 Å². The van der Waals surface area contributed by atoms with Crippen molar-refractivity contribution in [1.82, 2.24) is 4.31 Å². The van der Waals surface area contributed by atoms with Crippen LogP contribution in [0.1, 0.15) is 18.1 Å². The second-order valence-corrected chi connectivity index (χ2v) is 7.42. The molecule has 0 fully saturated rings. The van der Waals surface area contributed by atoms with E-state index in [0.29, 0.717) is 18.7 Å². The molecule has 0 aliphatic heterocycles. The summed E-state index contributed by atoms with van der Waals surface area (Å²) in [6, 6.07) is 11.0. The van der Waals surface area contributed by atoms with Crippen molar-refractivity contribution in [2.45, 2.75) is 24.3 Å². The van der Waals surface area contributed by atoms with Gasteiger partial charge in [0.15, 0.2) is 0 Å². The highest BCUT2D eigenvalue weighted by atomic mass is 32.2. The lowest BCUT2D eigenvalue weighted by Gasteiger charge is -2.19. The molecule has 0 amide bonds. The molecule has 0 bridgehead atoms. The first-order chi connectivity index (χ1) is 9.57. The molecule has 2 aromatic rings. The molecule has 0 saturated heterocycles. The first-order valence-corrected chi connectivity index (χ1v) is 8.62. The predicted octanol–water partition coefficient (Wildman–Crippen LogP) is 2.45. The molecule has 1 aromatic heterocycles. The number of hydrogen-bond acceptors (Lipinski definition) is 4. The predicted molar refractivity (Wildman–Crippen MR) is 80.0 cm³/mol. The highest BCUT2D eigenvalue weighted by Crippen LogP contribution is 2.25. The van der Waals surface area contributed by atoms with Gasteiger partial charge < -0.3 is 5.11 Å². The van der Waals surface area contributed by atoms with Crippen LogP contribution in [-0.4, -0.2) is 24.4 Å². The second-order valence-electron chi connectivity index (χ2n) is 4.35. The van der Waals surface area contributed by atoms with Crippen LogP contribution >= 0.6 is 11.3 Å². The monoisotopic (exact) mass is 311 g/mol. The highest BCUT2D eigenvalue weighted by Gasteiger charge is 2.24. The largest absolute Gasteiger partial charge is 0.392 e. The second kappa shape index (κ2) is 6.49. The van der Waals surface area contributed by atoms with Crippen LogP contribution in [-0.2, 0) is 23.2 Å². The molecule has 0 aliphatic carbocycles. The quantitative estimate of drug-likeness (QED) is 0.891. The summed E-state index contributed by atoms with van der Waals surface area (Å²) in [6.45, 7) is 2.44. The molecule has 0 radical (unpaired) electrons. The van der Waals surface area contributed by atoms with E-state index in [0.717, 1.165) is 16.9 Å². The zero-order chi connectivity index (χ0) is 14.6. The maximum absolute atomic E-state index is 12.6. The van der Waals surface area contributed by atoms with Crippen molar-refractivity contribution in [3.8, 4) is 0 Å². The first kappa shape index (κ1) is 15.2. The summed E-state index contributed by atoms with van der Waals surface area (Å²) in [5, 5.41) is 10.7. The molecule has 1 aromatic carbocycles. The number of rotatable bonds is 6. The first-order valence-electron chi connectivity index (χ1n) is 6.30. The van der Waals surface area contributed by atoms with Gasteiger partial charge in [0.05, 0.1) is 6.61 Å². The number of benzene rings is 1. The topological polar surface area (TPSA) is 57.6 Å². The maximum atomic E-state index is 12.6. The van der Waals surface area contributed by atoms with Crippen molar-refractivity contribution in [2.75, 3.05) is 6.54 Å². The van der Waals surface area contributed by atoms with Gasteiger partial charge in [-0.15, -0.1) is 11.3 Å². The van der Waals surface area contributed by atoms with Gasteiger partial charge in [-0.3, -0.25) is 0 Å². The Morgan fingerprint density at radius 3 is 2.45 bits per heavy atom. The Kier molecular flexibility index (Phi) is 4.93. The van der Waals surface area contributed by atoms with Gasteiger partial charge in [-0.25, -0.2) is 8.42 Å². The van der Waals surface area contributed by atoms with E-state index in [1.807, 2.05) is 37.3 Å². The van der Waals surface area contributed by atoms with Crippen molar-refractivity contribution in [3.63, 3.8) is 0 Å². The zero-order valence-corrected chi connectivity index (χ0v) is 12.8. The molecular formula is C14H17NO3S2. The SMILES string of the molecule is CCN(Cc1ccccc1)S(=O)(=O)c1cc(CO)cs1. The zero-order valence-electron chi connectivity index (χ0n) is 11.2. The Bertz CT molecular complexity index is 650. The summed E-state index contributed by atoms with van der Waals surface area (Å²) in [6.07, 6.45) is 0. The van der Waals surface area contributed by atoms with Gasteiger partial charge in [-0.05, 0) is 22.6 Å². The highest BCUT2D eigenvalue weighted by molar-refractivity contribution is 7.91. The number of aliphatic hydroxyl groups excluding tert-OH is 1. The standard InChI is InChI=1S/C14H17NO3S2/c1-2-15(9-12-6-4-3-5-7-12)20(17,18)14-8-13(10-16)11-19-14/h3-8,11,16H,2,9-10H2,1H3. The van der Waals surface area contributed by atoms with E-state index in [2.05, 4.69) is 0 Å². The third-order valence-electron chi connectivity index (χ3n) is 2.96. The Morgan fingerprint density at radius 2 is 1.90 bits per heavy atom. The number of hydrogen-bond donors (Lipinski definition) is 1. The third-order valence-corrected chi connectivity index (χ3v) is 6.35. The van der Waals surface area contributed by atoms with Crippen LogP contribution in [0.4, 0.5) is 0 Å². The van der Waals surface area contributed by atoms with Gasteiger partial charge in [-0.2, -0.15) is 4.31 Å². The molecule has 4 nitrogen and oxygen atoms in total. The van der Waals surface area contributed by atoms with Crippen LogP contribution in [0.3, 0.4) is 0 Å². The van der Waals surface area contributed by atoms with Crippen LogP contribution < -0.4 is 0 Å². The van der Waals surface area contributed by atoms with E-state index in [1.54, 1.807) is 5.38 Å². The summed E-state index contributed by atoms with van der Waals surface area (Å²) in [7, 11) is -3.50. The molecule has 6 heteroatoms. The molecule has 20 heavy (non-hydrogen) atoms. The summed E-state index contributed by atoms with van der Waals surface area (Å²) >= 11 is 1.15. The van der Waals surface area contributed by atoms with Crippen molar-refractivity contribution < 1.29 is 13.5 Å². The van der Waals surface area contributed by atoms with Crippen molar-refractivity contribution in [3.05, 3.63) is 52.9 Å². The molecule has 0 unspecified atom stereocenters. The van der Waals surface area contributed by atoms with Crippen LogP contribution in [0.15, 0.2) is 46.0 Å². The Labute approximate surface area is 123 Å². The van der Waals surface area contributed by atoms with Gasteiger partial charge in [0.25, 0.3) is 10.0 Å². The molecule has 108 valence electrons. The van der Waals surface area contributed by atoms with Crippen LogP contribution in [0, 0.1) is 0 Å². The van der Waals surface area contributed by atoms with Crippen molar-refractivity contribution in [2.24, 2.45) is 0 Å². The summed E-state index contributed by atoms with van der Waals surface area (Å²) in [5.74, 6) is 0. The molecular weight excluding hydrogens is 294 g/mol. The van der Waals surface area contributed by atoms with E-state index in [1.165, 1.54) is 10.4 Å². The minimum absolute atomic E-state index is 0.142. The summed E-state index contributed by atoms with van der Waals surface area (Å²) in [4.78, 5) is 0. The Hall–Kier alpha value is -1.21. The summed E-state index contributed by atoms with van der Waals surface area (Å²) in [5.41, 5.74) is 1.58. The number of aliphatic hydroxyl groups is 1. The average molecular weight is 311 g/mol. The van der Waals surface area contributed by atoms with Crippen LogP contribution in [0.25, 0.3) is 0 Å². The van der Waals surface area contributed by atoms with Gasteiger partial charge in [0.1, 0.15) is 4.21 Å². The molecule has 1 heterocycles. The number of sulfonamides is 1. The molecule has 0 saturated carbocycles. The maximum Gasteiger partial charge on any atom is 0.252 e. The fourth-order valence-corrected chi connectivity index (χ4v) is 4.64. The average Bonchev–Trinajstić information content (AvgIpc) is 2.95.